The number of nitrogens with one attached hydrogen (secondary N) is 2. The number of hydrogen-bond acceptors (Lipinski definition) is 4. The Bertz CT molecular complexity index is 1530. The fraction of sp³-hybridized carbons (Fsp3) is 0.355. The summed E-state index contributed by atoms with van der Waals surface area (Å²) in [7, 11) is 0. The van der Waals surface area contributed by atoms with Gasteiger partial charge in [0, 0.05) is 27.9 Å². The number of carbonyl (C=O) groups excluding carboxylic acids is 3. The summed E-state index contributed by atoms with van der Waals surface area (Å²) in [5, 5.41) is 6.58. The van der Waals surface area contributed by atoms with Crippen molar-refractivity contribution in [3.05, 3.63) is 87.6 Å². The molecule has 0 radical (unpaired) electrons. The van der Waals surface area contributed by atoms with Gasteiger partial charge in [-0.3, -0.25) is 14.4 Å². The molecule has 0 saturated carbocycles. The van der Waals surface area contributed by atoms with Crippen molar-refractivity contribution in [1.82, 2.24) is 9.88 Å². The molecule has 39 heavy (non-hydrogen) atoms. The highest BCUT2D eigenvalue weighted by Crippen LogP contribution is 2.47. The Morgan fingerprint density at radius 1 is 1.13 bits per heavy atom. The average molecular weight is 543 g/mol. The van der Waals surface area contributed by atoms with Crippen LogP contribution in [0.15, 0.2) is 54.7 Å². The summed E-state index contributed by atoms with van der Waals surface area (Å²) in [5.41, 5.74) is 4.52. The van der Waals surface area contributed by atoms with Gasteiger partial charge in [-0.1, -0.05) is 43.6 Å². The molecule has 2 aromatic carbocycles. The molecule has 3 aromatic rings. The third-order valence-electron chi connectivity index (χ3n) is 8.63. The molecule has 2 N–H and O–H groups in total. The molecular weight excluding hydrogens is 512 g/mol. The van der Waals surface area contributed by atoms with Crippen LogP contribution in [0.2, 0.25) is 5.02 Å². The normalized spacial score (nSPS) is 23.0. The zero-order valence-corrected chi connectivity index (χ0v) is 23.1. The monoisotopic (exact) mass is 542 g/mol. The minimum atomic E-state index is -0.663. The number of rotatable bonds is 4. The van der Waals surface area contributed by atoms with Crippen LogP contribution in [0.4, 0.5) is 11.5 Å². The van der Waals surface area contributed by atoms with E-state index in [4.69, 9.17) is 11.6 Å². The number of pyridine rings is 1. The largest absolute Gasteiger partial charge is 0.326 e. The Morgan fingerprint density at radius 2 is 1.92 bits per heavy atom. The highest BCUT2D eigenvalue weighted by Gasteiger charge is 2.51. The van der Waals surface area contributed by atoms with Crippen LogP contribution in [-0.4, -0.2) is 34.2 Å². The second-order valence-corrected chi connectivity index (χ2v) is 12.1. The molecule has 2 unspecified atom stereocenters. The number of carbonyl (C=O) groups is 3. The maximum absolute atomic E-state index is 13.5. The lowest BCUT2D eigenvalue weighted by molar-refractivity contribution is -0.150. The number of anilines is 2. The minimum Gasteiger partial charge on any atom is -0.326 e. The van der Waals surface area contributed by atoms with E-state index in [0.717, 1.165) is 40.7 Å². The van der Waals surface area contributed by atoms with Crippen molar-refractivity contribution in [1.29, 1.82) is 0 Å². The van der Waals surface area contributed by atoms with Crippen LogP contribution in [0.5, 0.6) is 0 Å². The maximum Gasteiger partial charge on any atom is 0.244 e. The van der Waals surface area contributed by atoms with Gasteiger partial charge in [0.1, 0.15) is 12.4 Å². The van der Waals surface area contributed by atoms with Gasteiger partial charge in [-0.15, -0.1) is 0 Å². The van der Waals surface area contributed by atoms with Crippen LogP contribution < -0.4 is 10.6 Å². The average Bonchev–Trinajstić information content (AvgIpc) is 3.40. The van der Waals surface area contributed by atoms with Crippen molar-refractivity contribution in [2.75, 3.05) is 17.2 Å². The molecule has 2 atom stereocenters. The Hall–Kier alpha value is -3.71. The summed E-state index contributed by atoms with van der Waals surface area (Å²) in [4.78, 5) is 45.9. The van der Waals surface area contributed by atoms with Crippen LogP contribution in [0.3, 0.4) is 0 Å². The summed E-state index contributed by atoms with van der Waals surface area (Å²) in [5.74, 6) is 0.313. The Morgan fingerprint density at radius 3 is 2.72 bits per heavy atom. The van der Waals surface area contributed by atoms with Crippen molar-refractivity contribution in [2.24, 2.45) is 5.41 Å². The van der Waals surface area contributed by atoms with Gasteiger partial charge in [-0.2, -0.15) is 0 Å². The number of piperidine rings is 1. The number of amides is 3. The number of aromatic nitrogens is 1. The SMILES string of the molecule is Cc1cc(Cl)ccc1C1CCC(C)(C)C(=O)N1CC(=O)Nc1ccc2c(c1)CC1(C2)C(=O)Nc2ncccc21. The number of benzene rings is 2. The van der Waals surface area contributed by atoms with E-state index in [1.165, 1.54) is 0 Å². The van der Waals surface area contributed by atoms with E-state index in [0.29, 0.717) is 29.4 Å². The van der Waals surface area contributed by atoms with Gasteiger partial charge in [-0.05, 0) is 85.2 Å². The standard InChI is InChI=1S/C31H31ClN4O3/c1-18-13-21(32)7-9-23(18)25-10-11-30(2,3)29(39)36(25)17-26(37)34-22-8-6-19-15-31(16-20(19)14-22)24-5-4-12-33-27(24)35-28(31)38/h4-9,12-14,25H,10-11,15-17H2,1-3H3,(H,34,37)(H,33,35,38). The van der Waals surface area contributed by atoms with Crippen LogP contribution in [0.1, 0.15) is 60.5 Å². The van der Waals surface area contributed by atoms with E-state index in [1.807, 2.05) is 69.3 Å². The molecule has 1 fully saturated rings. The molecule has 2 aliphatic heterocycles. The lowest BCUT2D eigenvalue weighted by Gasteiger charge is -2.43. The third kappa shape index (κ3) is 4.29. The van der Waals surface area contributed by atoms with Crippen molar-refractivity contribution < 1.29 is 14.4 Å². The predicted octanol–water partition coefficient (Wildman–Crippen LogP) is 5.36. The Kier molecular flexibility index (Phi) is 6.03. The molecule has 6 rings (SSSR count). The number of fused-ring (bicyclic) bond motifs is 3. The van der Waals surface area contributed by atoms with Gasteiger partial charge in [0.2, 0.25) is 17.7 Å². The highest BCUT2D eigenvalue weighted by atomic mass is 35.5. The third-order valence-corrected chi connectivity index (χ3v) is 8.86. The van der Waals surface area contributed by atoms with Gasteiger partial charge in [0.05, 0.1) is 11.5 Å². The number of nitrogens with zero attached hydrogens (tertiary/aromatic N) is 2. The van der Waals surface area contributed by atoms with Gasteiger partial charge in [0.15, 0.2) is 0 Å². The van der Waals surface area contributed by atoms with Crippen molar-refractivity contribution in [3.63, 3.8) is 0 Å². The molecule has 0 bridgehead atoms. The minimum absolute atomic E-state index is 0.0290. The van der Waals surface area contributed by atoms with E-state index in [-0.39, 0.29) is 30.3 Å². The number of likely N-dealkylation sites (tertiary alicyclic amines) is 1. The summed E-state index contributed by atoms with van der Waals surface area (Å²) < 4.78 is 0. The smallest absolute Gasteiger partial charge is 0.244 e. The molecule has 3 heterocycles. The van der Waals surface area contributed by atoms with Gasteiger partial charge in [-0.25, -0.2) is 4.98 Å². The summed E-state index contributed by atoms with van der Waals surface area (Å²) in [6.07, 6.45) is 4.35. The van der Waals surface area contributed by atoms with Gasteiger partial charge < -0.3 is 15.5 Å². The molecular formula is C31H31ClN4O3. The van der Waals surface area contributed by atoms with E-state index in [9.17, 15) is 14.4 Å². The fourth-order valence-electron chi connectivity index (χ4n) is 6.51. The zero-order chi connectivity index (χ0) is 27.5. The Balaban J connectivity index is 1.22. The van der Waals surface area contributed by atoms with E-state index >= 15 is 0 Å². The Labute approximate surface area is 233 Å². The number of aryl methyl sites for hydroxylation is 1. The topological polar surface area (TPSA) is 91.4 Å². The van der Waals surface area contributed by atoms with Gasteiger partial charge >= 0.3 is 0 Å². The molecule has 200 valence electrons. The van der Waals surface area contributed by atoms with Gasteiger partial charge in [0.25, 0.3) is 0 Å². The van der Waals surface area contributed by atoms with E-state index in [1.54, 1.807) is 11.1 Å². The maximum atomic E-state index is 13.5. The first-order valence-electron chi connectivity index (χ1n) is 13.3. The molecule has 1 aliphatic carbocycles. The van der Waals surface area contributed by atoms with Crippen LogP contribution >= 0.6 is 11.6 Å². The van der Waals surface area contributed by atoms with Crippen molar-refractivity contribution in [3.8, 4) is 0 Å². The quantitative estimate of drug-likeness (QED) is 0.464. The molecule has 1 spiro atoms. The van der Waals surface area contributed by atoms with Crippen LogP contribution in [-0.2, 0) is 32.6 Å². The first-order valence-corrected chi connectivity index (χ1v) is 13.7. The van der Waals surface area contributed by atoms with Crippen LogP contribution in [0, 0.1) is 12.3 Å². The molecule has 3 aliphatic rings. The second-order valence-electron chi connectivity index (χ2n) is 11.7. The first-order chi connectivity index (χ1) is 18.6. The van der Waals surface area contributed by atoms with E-state index < -0.39 is 10.8 Å². The molecule has 1 saturated heterocycles. The van der Waals surface area contributed by atoms with Crippen molar-refractivity contribution >= 4 is 40.8 Å². The fourth-order valence-corrected chi connectivity index (χ4v) is 6.74. The van der Waals surface area contributed by atoms with Crippen molar-refractivity contribution in [2.45, 2.75) is 57.9 Å². The highest BCUT2D eigenvalue weighted by molar-refractivity contribution is 6.30. The van der Waals surface area contributed by atoms with E-state index in [2.05, 4.69) is 15.6 Å². The predicted molar refractivity (Wildman–Crippen MR) is 151 cm³/mol. The molecule has 8 heteroatoms. The second kappa shape index (κ2) is 9.19. The number of hydrogen-bond donors (Lipinski definition) is 2. The molecule has 3 amide bonds. The summed E-state index contributed by atoms with van der Waals surface area (Å²) >= 11 is 6.18. The molecule has 7 nitrogen and oxygen atoms in total. The molecule has 1 aromatic heterocycles. The zero-order valence-electron chi connectivity index (χ0n) is 22.3. The lowest BCUT2D eigenvalue weighted by Crippen LogP contribution is -2.50. The first kappa shape index (κ1) is 25.6. The summed E-state index contributed by atoms with van der Waals surface area (Å²) in [6, 6.07) is 15.1. The lowest BCUT2D eigenvalue weighted by atomic mass is 9.78. The number of halogens is 1. The summed E-state index contributed by atoms with van der Waals surface area (Å²) in [6.45, 7) is 5.82. The van der Waals surface area contributed by atoms with Crippen LogP contribution in [0.25, 0.3) is 0 Å².